The van der Waals surface area contributed by atoms with Gasteiger partial charge in [0.1, 0.15) is 5.75 Å². The lowest BCUT2D eigenvalue weighted by molar-refractivity contribution is -0.118. The van der Waals surface area contributed by atoms with Crippen molar-refractivity contribution in [3.05, 3.63) is 71.8 Å². The van der Waals surface area contributed by atoms with Crippen molar-refractivity contribution in [2.75, 3.05) is 34.2 Å². The molecule has 0 saturated heterocycles. The van der Waals surface area contributed by atoms with Crippen LogP contribution >= 0.6 is 11.8 Å². The molecule has 0 aliphatic rings. The minimum atomic E-state index is -0.298. The van der Waals surface area contributed by atoms with Gasteiger partial charge in [-0.2, -0.15) is 5.10 Å². The molecule has 4 aromatic rings. The van der Waals surface area contributed by atoms with Crippen LogP contribution in [0.2, 0.25) is 0 Å². The van der Waals surface area contributed by atoms with Gasteiger partial charge in [0.05, 0.1) is 40.4 Å². The summed E-state index contributed by atoms with van der Waals surface area (Å²) >= 11 is 1.26. The number of rotatable bonds is 11. The first-order chi connectivity index (χ1) is 19.0. The van der Waals surface area contributed by atoms with Gasteiger partial charge in [0.2, 0.25) is 5.75 Å². The number of nitrogens with zero attached hydrogens (tertiary/aromatic N) is 4. The molecule has 11 heteroatoms. The predicted molar refractivity (Wildman–Crippen MR) is 151 cm³/mol. The highest BCUT2D eigenvalue weighted by Crippen LogP contribution is 2.37. The SMILES string of the molecule is COc1ccc(-c2nnc(SCC(=O)N/N=C/c3cc(OC)c(OC)c(OC)c3)n2-c2ccc(C)cc2)cc1. The lowest BCUT2D eigenvalue weighted by Gasteiger charge is -2.12. The maximum Gasteiger partial charge on any atom is 0.250 e. The number of aryl methyl sites for hydroxylation is 1. The summed E-state index contributed by atoms with van der Waals surface area (Å²) in [6, 6.07) is 19.1. The van der Waals surface area contributed by atoms with Crippen LogP contribution < -0.4 is 24.4 Å². The molecule has 1 heterocycles. The standard InChI is InChI=1S/C28H29N5O5S/c1-18-6-10-21(11-7-18)33-27(20-8-12-22(35-2)13-9-20)31-32-28(33)39-17-25(34)30-29-16-19-14-23(36-3)26(38-5)24(15-19)37-4/h6-16H,17H2,1-5H3,(H,30,34)/b29-16+. The molecule has 1 amide bonds. The number of carbonyl (C=O) groups is 1. The number of amides is 1. The van der Waals surface area contributed by atoms with Crippen molar-refractivity contribution >= 4 is 23.9 Å². The molecule has 1 aromatic heterocycles. The molecule has 3 aromatic carbocycles. The molecule has 202 valence electrons. The molecule has 0 atom stereocenters. The lowest BCUT2D eigenvalue weighted by Crippen LogP contribution is -2.20. The quantitative estimate of drug-likeness (QED) is 0.166. The molecule has 0 bridgehead atoms. The van der Waals surface area contributed by atoms with Gasteiger partial charge in [0, 0.05) is 16.8 Å². The lowest BCUT2D eigenvalue weighted by atomic mass is 10.2. The highest BCUT2D eigenvalue weighted by molar-refractivity contribution is 7.99. The third-order valence-electron chi connectivity index (χ3n) is 5.70. The van der Waals surface area contributed by atoms with Gasteiger partial charge in [-0.25, -0.2) is 5.43 Å². The zero-order chi connectivity index (χ0) is 27.8. The number of benzene rings is 3. The second-order valence-electron chi connectivity index (χ2n) is 8.25. The van der Waals surface area contributed by atoms with Gasteiger partial charge in [-0.15, -0.1) is 10.2 Å². The first-order valence-corrected chi connectivity index (χ1v) is 12.9. The molecule has 39 heavy (non-hydrogen) atoms. The van der Waals surface area contributed by atoms with Crippen LogP contribution in [-0.4, -0.2) is 61.1 Å². The van der Waals surface area contributed by atoms with Crippen LogP contribution in [0, 0.1) is 6.92 Å². The number of hydrazone groups is 1. The minimum absolute atomic E-state index is 0.0825. The molecular weight excluding hydrogens is 518 g/mol. The summed E-state index contributed by atoms with van der Waals surface area (Å²) < 4.78 is 23.2. The Morgan fingerprint density at radius 1 is 0.923 bits per heavy atom. The average molecular weight is 548 g/mol. The fourth-order valence-electron chi connectivity index (χ4n) is 3.73. The monoisotopic (exact) mass is 547 g/mol. The van der Waals surface area contributed by atoms with Crippen molar-refractivity contribution in [1.82, 2.24) is 20.2 Å². The molecule has 0 unspecified atom stereocenters. The number of carbonyl (C=O) groups excluding carboxylic acids is 1. The predicted octanol–water partition coefficient (Wildman–Crippen LogP) is 4.52. The molecule has 0 spiro atoms. The Hall–Kier alpha value is -4.51. The highest BCUT2D eigenvalue weighted by atomic mass is 32.2. The number of ether oxygens (including phenoxy) is 4. The van der Waals surface area contributed by atoms with E-state index in [4.69, 9.17) is 18.9 Å². The summed E-state index contributed by atoms with van der Waals surface area (Å²) in [5.74, 6) is 2.64. The Morgan fingerprint density at radius 3 is 2.18 bits per heavy atom. The second-order valence-corrected chi connectivity index (χ2v) is 9.19. The van der Waals surface area contributed by atoms with Crippen LogP contribution in [-0.2, 0) is 4.79 Å². The van der Waals surface area contributed by atoms with Crippen molar-refractivity contribution in [2.24, 2.45) is 5.10 Å². The summed E-state index contributed by atoms with van der Waals surface area (Å²) in [6.45, 7) is 2.03. The maximum absolute atomic E-state index is 12.6. The van der Waals surface area contributed by atoms with E-state index in [1.54, 1.807) is 19.2 Å². The highest BCUT2D eigenvalue weighted by Gasteiger charge is 2.18. The van der Waals surface area contributed by atoms with Gasteiger partial charge in [0.15, 0.2) is 22.5 Å². The summed E-state index contributed by atoms with van der Waals surface area (Å²) in [6.07, 6.45) is 1.50. The number of thioether (sulfide) groups is 1. The van der Waals surface area contributed by atoms with E-state index >= 15 is 0 Å². The smallest absolute Gasteiger partial charge is 0.250 e. The molecule has 1 N–H and O–H groups in total. The van der Waals surface area contributed by atoms with E-state index < -0.39 is 0 Å². The van der Waals surface area contributed by atoms with Gasteiger partial charge < -0.3 is 18.9 Å². The van der Waals surface area contributed by atoms with Crippen LogP contribution in [0.3, 0.4) is 0 Å². The Balaban J connectivity index is 1.50. The Labute approximate surface area is 231 Å². The molecule has 0 radical (unpaired) electrons. The van der Waals surface area contributed by atoms with Crippen molar-refractivity contribution in [1.29, 1.82) is 0 Å². The van der Waals surface area contributed by atoms with Gasteiger partial charge in [0.25, 0.3) is 5.91 Å². The third-order valence-corrected chi connectivity index (χ3v) is 6.62. The first kappa shape index (κ1) is 27.5. The van der Waals surface area contributed by atoms with E-state index in [-0.39, 0.29) is 11.7 Å². The number of hydrogen-bond acceptors (Lipinski definition) is 9. The van der Waals surface area contributed by atoms with E-state index in [2.05, 4.69) is 20.7 Å². The number of hydrogen-bond donors (Lipinski definition) is 1. The first-order valence-electron chi connectivity index (χ1n) is 11.9. The molecule has 0 saturated carbocycles. The Morgan fingerprint density at radius 2 is 1.59 bits per heavy atom. The van der Waals surface area contributed by atoms with E-state index in [0.717, 1.165) is 22.6 Å². The summed E-state index contributed by atoms with van der Waals surface area (Å²) in [4.78, 5) is 12.6. The fraction of sp³-hybridized carbons (Fsp3) is 0.214. The number of aromatic nitrogens is 3. The molecule has 10 nitrogen and oxygen atoms in total. The van der Waals surface area contributed by atoms with Gasteiger partial charge in [-0.1, -0.05) is 29.5 Å². The van der Waals surface area contributed by atoms with Crippen LogP contribution in [0.5, 0.6) is 23.0 Å². The summed E-state index contributed by atoms with van der Waals surface area (Å²) in [5.41, 5.74) is 6.11. The van der Waals surface area contributed by atoms with Crippen LogP contribution in [0.15, 0.2) is 70.9 Å². The second kappa shape index (κ2) is 12.8. The van der Waals surface area contributed by atoms with Crippen molar-refractivity contribution in [3.63, 3.8) is 0 Å². The average Bonchev–Trinajstić information content (AvgIpc) is 3.39. The zero-order valence-corrected chi connectivity index (χ0v) is 23.1. The summed E-state index contributed by atoms with van der Waals surface area (Å²) in [7, 11) is 6.23. The molecule has 0 fully saturated rings. The van der Waals surface area contributed by atoms with E-state index in [9.17, 15) is 4.79 Å². The van der Waals surface area contributed by atoms with Crippen LogP contribution in [0.4, 0.5) is 0 Å². The van der Waals surface area contributed by atoms with Crippen molar-refractivity contribution in [3.8, 4) is 40.1 Å². The molecule has 4 rings (SSSR count). The van der Waals surface area contributed by atoms with E-state index in [0.29, 0.717) is 33.8 Å². The minimum Gasteiger partial charge on any atom is -0.497 e. The van der Waals surface area contributed by atoms with Crippen LogP contribution in [0.25, 0.3) is 17.1 Å². The van der Waals surface area contributed by atoms with Crippen molar-refractivity contribution < 1.29 is 23.7 Å². The number of nitrogens with one attached hydrogen (secondary N) is 1. The number of methoxy groups -OCH3 is 4. The Bertz CT molecular complexity index is 1430. The topological polar surface area (TPSA) is 109 Å². The van der Waals surface area contributed by atoms with Gasteiger partial charge >= 0.3 is 0 Å². The van der Waals surface area contributed by atoms with Gasteiger partial charge in [-0.05, 0) is 55.5 Å². The maximum atomic E-state index is 12.6. The van der Waals surface area contributed by atoms with E-state index in [1.807, 2.05) is 60.0 Å². The third kappa shape index (κ3) is 6.50. The fourth-order valence-corrected chi connectivity index (χ4v) is 4.48. The normalized spacial score (nSPS) is 10.9. The molecule has 0 aliphatic carbocycles. The zero-order valence-electron chi connectivity index (χ0n) is 22.3. The largest absolute Gasteiger partial charge is 0.497 e. The molecule has 0 aliphatic heterocycles. The molecular formula is C28H29N5O5S. The van der Waals surface area contributed by atoms with E-state index in [1.165, 1.54) is 39.3 Å². The summed E-state index contributed by atoms with van der Waals surface area (Å²) in [5, 5.41) is 13.5. The van der Waals surface area contributed by atoms with Crippen LogP contribution in [0.1, 0.15) is 11.1 Å². The Kier molecular flexibility index (Phi) is 9.06. The van der Waals surface area contributed by atoms with Gasteiger partial charge in [-0.3, -0.25) is 9.36 Å². The van der Waals surface area contributed by atoms with Crippen molar-refractivity contribution in [2.45, 2.75) is 12.1 Å².